The fourth-order valence-corrected chi connectivity index (χ4v) is 4.63. The molecule has 2 aromatic heterocycles. The zero-order valence-electron chi connectivity index (χ0n) is 16.8. The van der Waals surface area contributed by atoms with E-state index < -0.39 is 0 Å². The summed E-state index contributed by atoms with van der Waals surface area (Å²) in [6.45, 7) is 2.84. The summed E-state index contributed by atoms with van der Waals surface area (Å²) >= 11 is 5.89. The normalized spacial score (nSPS) is 21.6. The summed E-state index contributed by atoms with van der Waals surface area (Å²) in [4.78, 5) is 12.6. The average molecular weight is 425 g/mol. The first-order valence-electron chi connectivity index (χ1n) is 10.6. The summed E-state index contributed by atoms with van der Waals surface area (Å²) in [5.41, 5.74) is 0.935. The third-order valence-electron chi connectivity index (χ3n) is 6.26. The van der Waals surface area contributed by atoms with E-state index in [-0.39, 0.29) is 0 Å². The third-order valence-corrected chi connectivity index (χ3v) is 6.45. The maximum absolute atomic E-state index is 5.96. The van der Waals surface area contributed by atoms with Gasteiger partial charge in [0.25, 0.3) is 0 Å². The van der Waals surface area contributed by atoms with E-state index in [1.807, 2.05) is 24.3 Å². The molecule has 2 fully saturated rings. The zero-order valence-corrected chi connectivity index (χ0v) is 17.5. The molecular weight excluding hydrogens is 400 g/mol. The molecule has 8 heteroatoms. The molecule has 0 spiro atoms. The number of aromatic nitrogens is 5. The third kappa shape index (κ3) is 4.41. The first kappa shape index (κ1) is 19.3. The van der Waals surface area contributed by atoms with Crippen LogP contribution in [0, 0.1) is 17.8 Å². The Kier molecular flexibility index (Phi) is 5.53. The number of halogens is 1. The van der Waals surface area contributed by atoms with Gasteiger partial charge in [0.1, 0.15) is 5.75 Å². The lowest BCUT2D eigenvalue weighted by Crippen LogP contribution is -2.35. The summed E-state index contributed by atoms with van der Waals surface area (Å²) in [6, 6.07) is 7.93. The number of piperidine rings is 1. The molecule has 3 heterocycles. The van der Waals surface area contributed by atoms with Crippen LogP contribution in [-0.4, -0.2) is 44.7 Å². The van der Waals surface area contributed by atoms with Crippen LogP contribution < -0.4 is 9.64 Å². The molecule has 2 unspecified atom stereocenters. The van der Waals surface area contributed by atoms with Crippen LogP contribution in [0.1, 0.15) is 25.7 Å². The number of benzene rings is 1. The van der Waals surface area contributed by atoms with Crippen molar-refractivity contribution in [2.45, 2.75) is 25.7 Å². The minimum absolute atomic E-state index is 0.586. The van der Waals surface area contributed by atoms with E-state index in [1.165, 1.54) is 19.3 Å². The Labute approximate surface area is 181 Å². The highest BCUT2D eigenvalue weighted by molar-refractivity contribution is 6.30. The monoisotopic (exact) mass is 424 g/mol. The molecule has 0 radical (unpaired) electrons. The van der Waals surface area contributed by atoms with E-state index in [2.05, 4.69) is 25.1 Å². The summed E-state index contributed by atoms with van der Waals surface area (Å²) in [7, 11) is 0. The Balaban J connectivity index is 1.03. The van der Waals surface area contributed by atoms with Crippen molar-refractivity contribution < 1.29 is 4.74 Å². The Morgan fingerprint density at radius 1 is 1.00 bits per heavy atom. The molecule has 3 aromatic rings. The molecule has 1 aliphatic carbocycles. The molecule has 2 aliphatic rings. The van der Waals surface area contributed by atoms with Crippen LogP contribution in [0.15, 0.2) is 49.1 Å². The van der Waals surface area contributed by atoms with E-state index in [0.29, 0.717) is 5.02 Å². The lowest BCUT2D eigenvalue weighted by atomic mass is 9.90. The first-order chi connectivity index (χ1) is 14.8. The van der Waals surface area contributed by atoms with Crippen molar-refractivity contribution in [3.63, 3.8) is 0 Å². The van der Waals surface area contributed by atoms with Gasteiger partial charge in [-0.1, -0.05) is 11.6 Å². The fourth-order valence-electron chi connectivity index (χ4n) is 4.53. The van der Waals surface area contributed by atoms with Gasteiger partial charge in [-0.25, -0.2) is 9.97 Å². The molecule has 30 heavy (non-hydrogen) atoms. The second kappa shape index (κ2) is 8.60. The Morgan fingerprint density at radius 2 is 1.70 bits per heavy atom. The molecule has 2 atom stereocenters. The van der Waals surface area contributed by atoms with Crippen LogP contribution in [0.3, 0.4) is 0 Å². The van der Waals surface area contributed by atoms with Crippen LogP contribution in [0.25, 0.3) is 5.69 Å². The number of nitrogens with zero attached hydrogens (tertiary/aromatic N) is 6. The maximum Gasteiger partial charge on any atom is 0.225 e. The van der Waals surface area contributed by atoms with Crippen LogP contribution in [-0.2, 0) is 0 Å². The number of anilines is 1. The van der Waals surface area contributed by atoms with Crippen molar-refractivity contribution >= 4 is 17.5 Å². The van der Waals surface area contributed by atoms with Gasteiger partial charge in [0.15, 0.2) is 0 Å². The van der Waals surface area contributed by atoms with E-state index in [1.54, 1.807) is 29.6 Å². The summed E-state index contributed by atoms with van der Waals surface area (Å²) < 4.78 is 5.96. The highest BCUT2D eigenvalue weighted by Crippen LogP contribution is 2.49. The predicted molar refractivity (Wildman–Crippen MR) is 115 cm³/mol. The Bertz CT molecular complexity index is 939. The Morgan fingerprint density at radius 3 is 2.40 bits per heavy atom. The molecule has 1 saturated heterocycles. The fraction of sp³-hybridized carbons (Fsp3) is 0.455. The largest absolute Gasteiger partial charge is 0.494 e. The van der Waals surface area contributed by atoms with Crippen molar-refractivity contribution in [2.24, 2.45) is 17.8 Å². The topological polar surface area (TPSA) is 69.0 Å². The van der Waals surface area contributed by atoms with Gasteiger partial charge in [0, 0.05) is 13.1 Å². The summed E-state index contributed by atoms with van der Waals surface area (Å²) in [6.07, 6.45) is 11.6. The van der Waals surface area contributed by atoms with Gasteiger partial charge in [-0.3, -0.25) is 0 Å². The van der Waals surface area contributed by atoms with Gasteiger partial charge < -0.3 is 9.64 Å². The van der Waals surface area contributed by atoms with Gasteiger partial charge >= 0.3 is 0 Å². The molecular formula is C22H25ClN6O. The highest BCUT2D eigenvalue weighted by Gasteiger charge is 2.43. The van der Waals surface area contributed by atoms with Crippen molar-refractivity contribution in [3.8, 4) is 11.4 Å². The Hall–Kier alpha value is -2.67. The smallest absolute Gasteiger partial charge is 0.225 e. The molecule has 7 nitrogen and oxygen atoms in total. The van der Waals surface area contributed by atoms with Crippen LogP contribution >= 0.6 is 11.6 Å². The van der Waals surface area contributed by atoms with Crippen molar-refractivity contribution in [3.05, 3.63) is 54.1 Å². The van der Waals surface area contributed by atoms with E-state index in [9.17, 15) is 0 Å². The first-order valence-corrected chi connectivity index (χ1v) is 11.0. The van der Waals surface area contributed by atoms with Crippen LogP contribution in [0.2, 0.25) is 5.02 Å². The van der Waals surface area contributed by atoms with Gasteiger partial charge in [-0.2, -0.15) is 15.0 Å². The van der Waals surface area contributed by atoms with E-state index >= 15 is 0 Å². The molecule has 0 bridgehead atoms. The molecule has 1 aliphatic heterocycles. The van der Waals surface area contributed by atoms with Crippen molar-refractivity contribution in [1.29, 1.82) is 0 Å². The summed E-state index contributed by atoms with van der Waals surface area (Å²) in [5, 5.41) is 8.86. The molecule has 0 amide bonds. The zero-order chi connectivity index (χ0) is 20.3. The number of hydrogen-bond donors (Lipinski definition) is 0. The number of rotatable bonds is 7. The van der Waals surface area contributed by atoms with Crippen molar-refractivity contribution in [1.82, 2.24) is 25.0 Å². The lowest BCUT2D eigenvalue weighted by Gasteiger charge is -2.32. The maximum atomic E-state index is 5.96. The lowest BCUT2D eigenvalue weighted by molar-refractivity contribution is 0.284. The van der Waals surface area contributed by atoms with Crippen LogP contribution in [0.5, 0.6) is 5.75 Å². The highest BCUT2D eigenvalue weighted by atomic mass is 35.5. The van der Waals surface area contributed by atoms with E-state index in [0.717, 1.165) is 61.3 Å². The minimum atomic E-state index is 0.586. The van der Waals surface area contributed by atoms with Gasteiger partial charge in [-0.05, 0) is 67.7 Å². The second-order valence-electron chi connectivity index (χ2n) is 8.13. The quantitative estimate of drug-likeness (QED) is 0.570. The van der Waals surface area contributed by atoms with Gasteiger partial charge in [0.2, 0.25) is 5.95 Å². The molecule has 156 valence electrons. The second-order valence-corrected chi connectivity index (χ2v) is 8.57. The van der Waals surface area contributed by atoms with Gasteiger partial charge in [0.05, 0.1) is 42.1 Å². The minimum Gasteiger partial charge on any atom is -0.494 e. The van der Waals surface area contributed by atoms with Crippen LogP contribution in [0.4, 0.5) is 5.95 Å². The molecule has 5 rings (SSSR count). The van der Waals surface area contributed by atoms with E-state index in [4.69, 9.17) is 16.3 Å². The van der Waals surface area contributed by atoms with Crippen molar-refractivity contribution in [2.75, 3.05) is 24.6 Å². The standard InChI is InChI=1S/C22H25ClN6O/c23-18-14-24-22(25-15-18)28-10-5-16(6-11-28)21-13-17(21)7-12-30-20-3-1-19(2-4-20)29-26-8-9-27-29/h1-4,8-9,14-17,21H,5-7,10-13H2. The predicted octanol–water partition coefficient (Wildman–Crippen LogP) is 4.03. The number of ether oxygens (including phenoxy) is 1. The average Bonchev–Trinajstić information content (AvgIpc) is 3.34. The molecule has 0 N–H and O–H groups in total. The van der Waals surface area contributed by atoms with Gasteiger partial charge in [-0.15, -0.1) is 0 Å². The SMILES string of the molecule is Clc1cnc(N2CCC(C3CC3CCOc3ccc(-n4nccn4)cc3)CC2)nc1. The molecule has 1 aromatic carbocycles. The number of hydrogen-bond acceptors (Lipinski definition) is 6. The summed E-state index contributed by atoms with van der Waals surface area (Å²) in [5.74, 6) is 4.18. The molecule has 1 saturated carbocycles.